The first kappa shape index (κ1) is 22.9. The first-order valence-electron chi connectivity index (χ1n) is 10.0. The van der Waals surface area contributed by atoms with Crippen LogP contribution in [0.25, 0.3) is 6.08 Å². The number of carbonyl (C=O) groups excluding carboxylic acids is 4. The number of amides is 4. The van der Waals surface area contributed by atoms with E-state index in [2.05, 4.69) is 21.2 Å². The van der Waals surface area contributed by atoms with Gasteiger partial charge in [0.05, 0.1) is 18.4 Å². The Kier molecular flexibility index (Phi) is 6.55. The predicted octanol–water partition coefficient (Wildman–Crippen LogP) is 4.34. The highest BCUT2D eigenvalue weighted by atomic mass is 79.9. The van der Waals surface area contributed by atoms with Gasteiger partial charge in [-0.2, -0.15) is 0 Å². The summed E-state index contributed by atoms with van der Waals surface area (Å²) in [6.45, 7) is 0. The number of ether oxygens (including phenoxy) is 2. The number of halogens is 1. The molecule has 3 aromatic rings. The Labute approximate surface area is 202 Å². The van der Waals surface area contributed by atoms with E-state index in [-0.39, 0.29) is 28.3 Å². The Morgan fingerprint density at radius 3 is 2.38 bits per heavy atom. The third-order valence-corrected chi connectivity index (χ3v) is 5.40. The van der Waals surface area contributed by atoms with Crippen molar-refractivity contribution in [2.75, 3.05) is 12.0 Å². The van der Waals surface area contributed by atoms with Gasteiger partial charge in [0.25, 0.3) is 11.8 Å². The normalized spacial score (nSPS) is 14.7. The zero-order chi connectivity index (χ0) is 24.2. The summed E-state index contributed by atoms with van der Waals surface area (Å²) in [7, 11) is 1.40. The van der Waals surface area contributed by atoms with Crippen molar-refractivity contribution in [3.05, 3.63) is 94.0 Å². The third-order valence-electron chi connectivity index (χ3n) is 4.91. The summed E-state index contributed by atoms with van der Waals surface area (Å²) in [5.74, 6) is -1.92. The molecule has 0 bridgehead atoms. The first-order chi connectivity index (χ1) is 16.4. The number of imide groups is 2. The van der Waals surface area contributed by atoms with Crippen LogP contribution in [0.4, 0.5) is 10.5 Å². The van der Waals surface area contributed by atoms with Crippen LogP contribution in [0, 0.1) is 0 Å². The number of para-hydroxylation sites is 2. The smallest absolute Gasteiger partial charge is 0.343 e. The van der Waals surface area contributed by atoms with Crippen LogP contribution >= 0.6 is 15.9 Å². The molecule has 4 amide bonds. The van der Waals surface area contributed by atoms with Gasteiger partial charge in [-0.25, -0.2) is 14.5 Å². The molecule has 1 fully saturated rings. The van der Waals surface area contributed by atoms with Crippen LogP contribution in [0.15, 0.2) is 82.8 Å². The van der Waals surface area contributed by atoms with Crippen molar-refractivity contribution in [1.29, 1.82) is 0 Å². The van der Waals surface area contributed by atoms with E-state index in [4.69, 9.17) is 9.47 Å². The molecule has 0 aromatic heterocycles. The van der Waals surface area contributed by atoms with Gasteiger partial charge in [-0.3, -0.25) is 14.9 Å². The molecule has 0 aliphatic carbocycles. The van der Waals surface area contributed by atoms with Crippen molar-refractivity contribution >= 4 is 51.5 Å². The maximum atomic E-state index is 13.3. The zero-order valence-electron chi connectivity index (χ0n) is 17.8. The molecule has 1 aliphatic rings. The summed E-state index contributed by atoms with van der Waals surface area (Å²) >= 11 is 3.34. The summed E-state index contributed by atoms with van der Waals surface area (Å²) in [6.07, 6.45) is 1.27. The minimum Gasteiger partial charge on any atom is -0.495 e. The molecule has 8 nitrogen and oxygen atoms in total. The number of methoxy groups -OCH3 is 1. The Balaban J connectivity index is 1.73. The molecule has 34 heavy (non-hydrogen) atoms. The Morgan fingerprint density at radius 2 is 1.65 bits per heavy atom. The van der Waals surface area contributed by atoms with Crippen molar-refractivity contribution in [1.82, 2.24) is 5.32 Å². The lowest BCUT2D eigenvalue weighted by Crippen LogP contribution is -2.54. The molecule has 1 aliphatic heterocycles. The molecular formula is C25H17BrN2O6. The number of benzene rings is 3. The summed E-state index contributed by atoms with van der Waals surface area (Å²) in [5, 5.41) is 2.16. The summed E-state index contributed by atoms with van der Waals surface area (Å²) in [4.78, 5) is 51.7. The second kappa shape index (κ2) is 9.72. The van der Waals surface area contributed by atoms with Crippen LogP contribution in [-0.4, -0.2) is 30.9 Å². The van der Waals surface area contributed by atoms with Gasteiger partial charge in [0, 0.05) is 10.0 Å². The fourth-order valence-electron chi connectivity index (χ4n) is 3.30. The van der Waals surface area contributed by atoms with Crippen LogP contribution in [0.2, 0.25) is 0 Å². The monoisotopic (exact) mass is 520 g/mol. The predicted molar refractivity (Wildman–Crippen MR) is 128 cm³/mol. The van der Waals surface area contributed by atoms with Crippen molar-refractivity contribution < 1.29 is 28.7 Å². The molecule has 1 heterocycles. The van der Waals surface area contributed by atoms with Crippen molar-refractivity contribution in [2.45, 2.75) is 0 Å². The number of nitrogens with zero attached hydrogens (tertiary/aromatic N) is 1. The van der Waals surface area contributed by atoms with Crippen LogP contribution in [0.1, 0.15) is 15.9 Å². The lowest BCUT2D eigenvalue weighted by atomic mass is 10.1. The number of esters is 1. The Morgan fingerprint density at radius 1 is 0.941 bits per heavy atom. The highest BCUT2D eigenvalue weighted by Crippen LogP contribution is 2.32. The minimum absolute atomic E-state index is 0.130. The number of nitrogens with one attached hydrogen (secondary N) is 1. The maximum absolute atomic E-state index is 13.3. The minimum atomic E-state index is -0.901. The lowest BCUT2D eigenvalue weighted by Gasteiger charge is -2.27. The van der Waals surface area contributed by atoms with E-state index in [0.29, 0.717) is 10.0 Å². The van der Waals surface area contributed by atoms with Gasteiger partial charge >= 0.3 is 12.0 Å². The second-order valence-corrected chi connectivity index (χ2v) is 7.98. The van der Waals surface area contributed by atoms with Gasteiger partial charge in [-0.1, -0.05) is 46.3 Å². The molecule has 1 N–H and O–H groups in total. The molecule has 0 radical (unpaired) electrons. The van der Waals surface area contributed by atoms with E-state index in [1.165, 1.54) is 25.3 Å². The van der Waals surface area contributed by atoms with E-state index >= 15 is 0 Å². The molecule has 0 atom stereocenters. The Bertz CT molecular complexity index is 1340. The molecule has 170 valence electrons. The maximum Gasteiger partial charge on any atom is 0.343 e. The fourth-order valence-corrected chi connectivity index (χ4v) is 3.68. The van der Waals surface area contributed by atoms with Crippen LogP contribution in [0.5, 0.6) is 11.5 Å². The molecule has 4 rings (SSSR count). The number of barbiturate groups is 1. The van der Waals surface area contributed by atoms with Crippen LogP contribution in [-0.2, 0) is 9.59 Å². The molecule has 0 unspecified atom stereocenters. The number of hydrogen-bond donors (Lipinski definition) is 1. The van der Waals surface area contributed by atoms with Crippen molar-refractivity contribution in [3.8, 4) is 11.5 Å². The van der Waals surface area contributed by atoms with E-state index in [0.717, 1.165) is 4.90 Å². The molecule has 0 spiro atoms. The highest BCUT2D eigenvalue weighted by Gasteiger charge is 2.38. The lowest BCUT2D eigenvalue weighted by molar-refractivity contribution is -0.122. The van der Waals surface area contributed by atoms with E-state index in [1.54, 1.807) is 60.7 Å². The van der Waals surface area contributed by atoms with Gasteiger partial charge < -0.3 is 9.47 Å². The highest BCUT2D eigenvalue weighted by molar-refractivity contribution is 9.10. The fraction of sp³-hybridized carbons (Fsp3) is 0.0400. The number of carbonyl (C=O) groups is 4. The van der Waals surface area contributed by atoms with Gasteiger partial charge in [0.1, 0.15) is 17.1 Å². The first-order valence-corrected chi connectivity index (χ1v) is 10.8. The van der Waals surface area contributed by atoms with E-state index in [9.17, 15) is 19.2 Å². The van der Waals surface area contributed by atoms with E-state index < -0.39 is 23.8 Å². The molecule has 3 aromatic carbocycles. The average Bonchev–Trinajstić information content (AvgIpc) is 2.84. The van der Waals surface area contributed by atoms with Gasteiger partial charge in [0.2, 0.25) is 0 Å². The van der Waals surface area contributed by atoms with Crippen LogP contribution < -0.4 is 19.7 Å². The summed E-state index contributed by atoms with van der Waals surface area (Å²) in [6, 6.07) is 18.7. The van der Waals surface area contributed by atoms with Crippen molar-refractivity contribution in [2.24, 2.45) is 0 Å². The standard InChI is InChI=1S/C25H17BrN2O6/c1-33-21-10-6-5-9-19(21)28-23(30)18(22(29)27-25(28)32)14-16-13-17(26)11-12-20(16)34-24(31)15-7-3-2-4-8-15/h2-14H,1H3,(H,27,29,32)/b18-14-. The van der Waals surface area contributed by atoms with Crippen LogP contribution in [0.3, 0.4) is 0 Å². The van der Waals surface area contributed by atoms with Crippen molar-refractivity contribution in [3.63, 3.8) is 0 Å². The summed E-state index contributed by atoms with van der Waals surface area (Å²) < 4.78 is 11.4. The molecular weight excluding hydrogens is 504 g/mol. The zero-order valence-corrected chi connectivity index (χ0v) is 19.4. The third kappa shape index (κ3) is 4.60. The number of urea groups is 1. The largest absolute Gasteiger partial charge is 0.495 e. The van der Waals surface area contributed by atoms with Gasteiger partial charge in [0.15, 0.2) is 0 Å². The topological polar surface area (TPSA) is 102 Å². The molecule has 0 saturated carbocycles. The molecule has 9 heteroatoms. The quantitative estimate of drug-likeness (QED) is 0.232. The number of rotatable bonds is 5. The van der Waals surface area contributed by atoms with E-state index in [1.807, 2.05) is 0 Å². The number of anilines is 1. The van der Waals surface area contributed by atoms with Gasteiger partial charge in [-0.15, -0.1) is 0 Å². The average molecular weight is 521 g/mol. The summed E-state index contributed by atoms with van der Waals surface area (Å²) in [5.41, 5.74) is 0.478. The SMILES string of the molecule is COc1ccccc1N1C(=O)NC(=O)/C(=C/c2cc(Br)ccc2OC(=O)c2ccccc2)C1=O. The second-order valence-electron chi connectivity index (χ2n) is 7.07. The van der Waals surface area contributed by atoms with Gasteiger partial charge in [-0.05, 0) is 48.5 Å². The molecule has 1 saturated heterocycles. The Hall–Kier alpha value is -4.24. The number of hydrogen-bond acceptors (Lipinski definition) is 6.